The molecule has 0 saturated carbocycles. The number of carboxylic acid groups (broad SMARTS) is 1. The second-order valence-corrected chi connectivity index (χ2v) is 7.06. The first-order valence-electron chi connectivity index (χ1n) is 10.0. The SMILES string of the molecule is CCCCCC(O)CCCC(CCCCCCC(=O)O)C(=O)CCO. The van der Waals surface area contributed by atoms with Gasteiger partial charge in [-0.05, 0) is 32.1 Å². The Morgan fingerprint density at radius 1 is 0.800 bits per heavy atom. The number of ketones is 1. The summed E-state index contributed by atoms with van der Waals surface area (Å²) < 4.78 is 0. The third kappa shape index (κ3) is 15.1. The van der Waals surface area contributed by atoms with Gasteiger partial charge in [-0.3, -0.25) is 9.59 Å². The largest absolute Gasteiger partial charge is 0.481 e. The van der Waals surface area contributed by atoms with E-state index < -0.39 is 5.97 Å². The summed E-state index contributed by atoms with van der Waals surface area (Å²) in [4.78, 5) is 22.6. The monoisotopic (exact) mass is 358 g/mol. The van der Waals surface area contributed by atoms with Gasteiger partial charge in [0.1, 0.15) is 5.78 Å². The minimum absolute atomic E-state index is 0.0329. The fourth-order valence-corrected chi connectivity index (χ4v) is 3.18. The van der Waals surface area contributed by atoms with Crippen molar-refractivity contribution in [3.8, 4) is 0 Å². The maximum Gasteiger partial charge on any atom is 0.303 e. The summed E-state index contributed by atoms with van der Waals surface area (Å²) in [5, 5.41) is 27.6. The molecule has 0 aromatic heterocycles. The summed E-state index contributed by atoms with van der Waals surface area (Å²) in [6.45, 7) is 2.04. The van der Waals surface area contributed by atoms with E-state index in [-0.39, 0.29) is 37.3 Å². The average molecular weight is 359 g/mol. The van der Waals surface area contributed by atoms with Crippen molar-refractivity contribution in [3.05, 3.63) is 0 Å². The van der Waals surface area contributed by atoms with E-state index in [0.29, 0.717) is 6.42 Å². The summed E-state index contributed by atoms with van der Waals surface area (Å²) in [6.07, 6.45) is 10.9. The summed E-state index contributed by atoms with van der Waals surface area (Å²) >= 11 is 0. The highest BCUT2D eigenvalue weighted by molar-refractivity contribution is 5.81. The Balaban J connectivity index is 4.00. The van der Waals surface area contributed by atoms with Gasteiger partial charge in [-0.25, -0.2) is 0 Å². The molecule has 2 unspecified atom stereocenters. The van der Waals surface area contributed by atoms with E-state index in [4.69, 9.17) is 10.2 Å². The lowest BCUT2D eigenvalue weighted by Gasteiger charge is -2.17. The standard InChI is InChI=1S/C20H38O5/c1-2-3-6-12-18(22)13-9-11-17(19(23)15-16-21)10-7-4-5-8-14-20(24)25/h17-18,21-22H,2-16H2,1H3,(H,24,25). The van der Waals surface area contributed by atoms with Crippen LogP contribution in [-0.4, -0.2) is 39.8 Å². The van der Waals surface area contributed by atoms with Gasteiger partial charge in [0.15, 0.2) is 0 Å². The van der Waals surface area contributed by atoms with Crippen LogP contribution in [0, 0.1) is 5.92 Å². The van der Waals surface area contributed by atoms with Crippen molar-refractivity contribution in [3.63, 3.8) is 0 Å². The van der Waals surface area contributed by atoms with Gasteiger partial charge >= 0.3 is 5.97 Å². The molecule has 0 saturated heterocycles. The molecule has 2 atom stereocenters. The summed E-state index contributed by atoms with van der Waals surface area (Å²) in [7, 11) is 0. The molecule has 0 heterocycles. The molecule has 3 N–H and O–H groups in total. The first-order chi connectivity index (χ1) is 12.0. The van der Waals surface area contributed by atoms with Crippen LogP contribution in [0.3, 0.4) is 0 Å². The van der Waals surface area contributed by atoms with Gasteiger partial charge in [0.2, 0.25) is 0 Å². The Hall–Kier alpha value is -0.940. The quantitative estimate of drug-likeness (QED) is 0.321. The predicted octanol–water partition coefficient (Wildman–Crippen LogP) is 4.09. The van der Waals surface area contributed by atoms with E-state index in [1.54, 1.807) is 0 Å². The zero-order valence-electron chi connectivity index (χ0n) is 15.9. The molecule has 0 aromatic rings. The lowest BCUT2D eigenvalue weighted by Crippen LogP contribution is -2.17. The van der Waals surface area contributed by atoms with Crippen LogP contribution in [0.2, 0.25) is 0 Å². The molecular formula is C20H38O5. The van der Waals surface area contributed by atoms with Crippen molar-refractivity contribution in [1.82, 2.24) is 0 Å². The van der Waals surface area contributed by atoms with Gasteiger partial charge in [-0.15, -0.1) is 0 Å². The number of Topliss-reactive ketones (excluding diaryl/α,β-unsaturated/α-hetero) is 1. The number of rotatable bonds is 18. The number of hydrogen-bond acceptors (Lipinski definition) is 4. The Kier molecular flexibility index (Phi) is 15.9. The third-order valence-electron chi connectivity index (χ3n) is 4.74. The fraction of sp³-hybridized carbons (Fsp3) is 0.900. The normalized spacial score (nSPS) is 13.6. The highest BCUT2D eigenvalue weighted by Gasteiger charge is 2.18. The van der Waals surface area contributed by atoms with Crippen molar-refractivity contribution in [2.75, 3.05) is 6.61 Å². The Labute approximate surface area is 152 Å². The van der Waals surface area contributed by atoms with Crippen LogP contribution in [0.4, 0.5) is 0 Å². The lowest BCUT2D eigenvalue weighted by molar-refractivity contribution is -0.137. The van der Waals surface area contributed by atoms with Crippen molar-refractivity contribution < 1.29 is 24.9 Å². The molecule has 5 nitrogen and oxygen atoms in total. The highest BCUT2D eigenvalue weighted by Crippen LogP contribution is 2.21. The molecule has 0 fully saturated rings. The van der Waals surface area contributed by atoms with Crippen molar-refractivity contribution >= 4 is 11.8 Å². The topological polar surface area (TPSA) is 94.8 Å². The average Bonchev–Trinajstić information content (AvgIpc) is 2.56. The minimum Gasteiger partial charge on any atom is -0.481 e. The molecule has 0 radical (unpaired) electrons. The summed E-state index contributed by atoms with van der Waals surface area (Å²) in [5.41, 5.74) is 0. The second kappa shape index (κ2) is 16.5. The van der Waals surface area contributed by atoms with Crippen LogP contribution < -0.4 is 0 Å². The van der Waals surface area contributed by atoms with Crippen LogP contribution in [0.15, 0.2) is 0 Å². The van der Waals surface area contributed by atoms with E-state index in [0.717, 1.165) is 70.6 Å². The molecule has 0 aliphatic carbocycles. The van der Waals surface area contributed by atoms with Crippen molar-refractivity contribution in [2.24, 2.45) is 5.92 Å². The molecule has 0 rings (SSSR count). The molecule has 0 amide bonds. The Bertz CT molecular complexity index is 343. The molecule has 5 heteroatoms. The highest BCUT2D eigenvalue weighted by atomic mass is 16.4. The zero-order chi connectivity index (χ0) is 18.9. The first-order valence-corrected chi connectivity index (χ1v) is 10.0. The van der Waals surface area contributed by atoms with E-state index >= 15 is 0 Å². The number of carbonyl (C=O) groups is 2. The Morgan fingerprint density at radius 3 is 2.04 bits per heavy atom. The number of hydrogen-bond donors (Lipinski definition) is 3. The Morgan fingerprint density at radius 2 is 1.40 bits per heavy atom. The van der Waals surface area contributed by atoms with Crippen LogP contribution in [0.25, 0.3) is 0 Å². The van der Waals surface area contributed by atoms with Gasteiger partial charge < -0.3 is 15.3 Å². The third-order valence-corrected chi connectivity index (χ3v) is 4.74. The first kappa shape index (κ1) is 24.1. The van der Waals surface area contributed by atoms with Crippen molar-refractivity contribution in [2.45, 2.75) is 103 Å². The van der Waals surface area contributed by atoms with E-state index in [2.05, 4.69) is 6.92 Å². The van der Waals surface area contributed by atoms with Gasteiger partial charge in [-0.2, -0.15) is 0 Å². The summed E-state index contributed by atoms with van der Waals surface area (Å²) in [5.74, 6) is -0.670. The van der Waals surface area contributed by atoms with Gasteiger partial charge in [0.05, 0.1) is 6.10 Å². The number of carbonyl (C=O) groups excluding carboxylic acids is 1. The van der Waals surface area contributed by atoms with E-state index in [1.807, 2.05) is 0 Å². The van der Waals surface area contributed by atoms with E-state index in [9.17, 15) is 14.7 Å². The van der Waals surface area contributed by atoms with Crippen molar-refractivity contribution in [1.29, 1.82) is 0 Å². The number of carboxylic acids is 1. The second-order valence-electron chi connectivity index (χ2n) is 7.06. The molecule has 0 aliphatic heterocycles. The van der Waals surface area contributed by atoms with Crippen LogP contribution in [-0.2, 0) is 9.59 Å². The number of aliphatic hydroxyl groups is 2. The molecular weight excluding hydrogens is 320 g/mol. The molecule has 0 spiro atoms. The molecule has 148 valence electrons. The lowest BCUT2D eigenvalue weighted by atomic mass is 9.89. The summed E-state index contributed by atoms with van der Waals surface area (Å²) in [6, 6.07) is 0. The maximum atomic E-state index is 12.1. The van der Waals surface area contributed by atoms with Gasteiger partial charge in [0.25, 0.3) is 0 Å². The van der Waals surface area contributed by atoms with Crippen LogP contribution in [0.1, 0.15) is 96.8 Å². The van der Waals surface area contributed by atoms with Crippen LogP contribution in [0.5, 0.6) is 0 Å². The number of aliphatic carboxylic acids is 1. The minimum atomic E-state index is -0.756. The molecule has 0 aliphatic rings. The molecule has 0 aromatic carbocycles. The fourth-order valence-electron chi connectivity index (χ4n) is 3.18. The van der Waals surface area contributed by atoms with Crippen LogP contribution >= 0.6 is 0 Å². The number of aliphatic hydroxyl groups excluding tert-OH is 2. The van der Waals surface area contributed by atoms with Gasteiger partial charge in [-0.1, -0.05) is 51.9 Å². The molecule has 25 heavy (non-hydrogen) atoms. The van der Waals surface area contributed by atoms with Gasteiger partial charge in [0, 0.05) is 25.4 Å². The molecule has 0 bridgehead atoms. The zero-order valence-corrected chi connectivity index (χ0v) is 15.9. The number of unbranched alkanes of at least 4 members (excludes halogenated alkanes) is 5. The smallest absolute Gasteiger partial charge is 0.303 e. The predicted molar refractivity (Wildman–Crippen MR) is 99.5 cm³/mol. The maximum absolute atomic E-state index is 12.1. The van der Waals surface area contributed by atoms with E-state index in [1.165, 1.54) is 0 Å².